The average molecular weight is 159 g/mol. The third kappa shape index (κ3) is 1.99. The number of rotatable bonds is 2. The van der Waals surface area contributed by atoms with Crippen molar-refractivity contribution in [2.75, 3.05) is 19.3 Å². The quantitative estimate of drug-likeness (QED) is 0.599. The maximum absolute atomic E-state index is 10.7. The molecule has 1 unspecified atom stereocenters. The Morgan fingerprint density at radius 3 is 2.90 bits per heavy atom. The number of nitrogens with zero attached hydrogens (tertiary/aromatic N) is 1. The van der Waals surface area contributed by atoms with Gasteiger partial charge in [-0.2, -0.15) is 0 Å². The molecule has 1 fully saturated rings. The summed E-state index contributed by atoms with van der Waals surface area (Å²) in [6.07, 6.45) is 0.709. The molecule has 3 heteroatoms. The summed E-state index contributed by atoms with van der Waals surface area (Å²) < 4.78 is 0. The monoisotopic (exact) mass is 159 g/mol. The van der Waals surface area contributed by atoms with E-state index in [0.29, 0.717) is 17.6 Å². The first-order valence-electron chi connectivity index (χ1n) is 3.51. The second-order valence-electron chi connectivity index (χ2n) is 2.71. The second kappa shape index (κ2) is 3.39. The maximum atomic E-state index is 10.7. The first-order valence-corrected chi connectivity index (χ1v) is 4.56. The van der Waals surface area contributed by atoms with Gasteiger partial charge in [0.2, 0.25) is 0 Å². The van der Waals surface area contributed by atoms with Crippen LogP contribution in [0.15, 0.2) is 0 Å². The number of hydrogen-bond acceptors (Lipinski definition) is 3. The highest BCUT2D eigenvalue weighted by Crippen LogP contribution is 2.24. The minimum Gasteiger partial charge on any atom is -0.300 e. The number of Topliss-reactive ketones (excluding diaryl/α,β-unsaturated/α-hetero) is 1. The van der Waals surface area contributed by atoms with Crippen LogP contribution in [0.4, 0.5) is 0 Å². The van der Waals surface area contributed by atoms with Crippen LogP contribution >= 0.6 is 11.8 Å². The number of carbonyl (C=O) groups is 1. The molecule has 0 N–H and O–H groups in total. The smallest absolute Gasteiger partial charge is 0.132 e. The van der Waals surface area contributed by atoms with Gasteiger partial charge in [0.25, 0.3) is 0 Å². The Bertz CT molecular complexity index is 138. The fourth-order valence-electron chi connectivity index (χ4n) is 1.06. The molecule has 0 spiro atoms. The number of thioether (sulfide) groups is 1. The fraction of sp³-hybridized carbons (Fsp3) is 0.857. The molecule has 0 aliphatic carbocycles. The van der Waals surface area contributed by atoms with Crippen molar-refractivity contribution in [3.63, 3.8) is 0 Å². The molecule has 1 aliphatic heterocycles. The lowest BCUT2D eigenvalue weighted by Crippen LogP contribution is -2.25. The zero-order valence-electron chi connectivity index (χ0n) is 6.46. The van der Waals surface area contributed by atoms with Gasteiger partial charge < -0.3 is 0 Å². The second-order valence-corrected chi connectivity index (χ2v) is 4.00. The van der Waals surface area contributed by atoms with Crippen LogP contribution in [0, 0.1) is 0 Å². The Labute approximate surface area is 66.0 Å². The molecule has 0 bridgehead atoms. The molecule has 58 valence electrons. The van der Waals surface area contributed by atoms with E-state index in [1.54, 1.807) is 6.92 Å². The minimum atomic E-state index is 0.297. The zero-order chi connectivity index (χ0) is 7.56. The van der Waals surface area contributed by atoms with E-state index in [9.17, 15) is 4.79 Å². The molecule has 0 aromatic rings. The Morgan fingerprint density at radius 1 is 1.80 bits per heavy atom. The molecular weight excluding hydrogens is 146 g/mol. The van der Waals surface area contributed by atoms with Crippen molar-refractivity contribution in [1.29, 1.82) is 0 Å². The highest BCUT2D eigenvalue weighted by Gasteiger charge is 2.22. The Kier molecular flexibility index (Phi) is 2.74. The molecule has 1 atom stereocenters. The van der Waals surface area contributed by atoms with Crippen LogP contribution < -0.4 is 0 Å². The summed E-state index contributed by atoms with van der Waals surface area (Å²) in [5.41, 5.74) is 0. The van der Waals surface area contributed by atoms with Gasteiger partial charge in [-0.05, 0) is 14.0 Å². The summed E-state index contributed by atoms with van der Waals surface area (Å²) in [4.78, 5) is 12.9. The third-order valence-electron chi connectivity index (χ3n) is 1.71. The summed E-state index contributed by atoms with van der Waals surface area (Å²) in [6, 6.07) is 0. The first-order chi connectivity index (χ1) is 4.70. The maximum Gasteiger partial charge on any atom is 0.132 e. The highest BCUT2D eigenvalue weighted by atomic mass is 32.2. The standard InChI is InChI=1S/C7H13NOS/c1-6(9)5-7-8(2)3-4-10-7/h7H,3-5H2,1-2H3. The molecule has 1 aliphatic rings. The summed E-state index contributed by atoms with van der Waals surface area (Å²) in [5.74, 6) is 1.47. The van der Waals surface area contributed by atoms with E-state index in [1.165, 1.54) is 5.75 Å². The topological polar surface area (TPSA) is 20.3 Å². The van der Waals surface area contributed by atoms with Crippen molar-refractivity contribution in [1.82, 2.24) is 4.90 Å². The van der Waals surface area contributed by atoms with Gasteiger partial charge in [0, 0.05) is 18.7 Å². The third-order valence-corrected chi connectivity index (χ3v) is 3.04. The van der Waals surface area contributed by atoms with Crippen LogP contribution in [-0.4, -0.2) is 35.4 Å². The summed E-state index contributed by atoms with van der Waals surface area (Å²) in [7, 11) is 2.08. The number of hydrogen-bond donors (Lipinski definition) is 0. The summed E-state index contributed by atoms with van der Waals surface area (Å²) >= 11 is 1.88. The lowest BCUT2D eigenvalue weighted by Gasteiger charge is -2.15. The molecular formula is C7H13NOS. The molecule has 10 heavy (non-hydrogen) atoms. The van der Waals surface area contributed by atoms with Crippen LogP contribution in [0.25, 0.3) is 0 Å². The number of ketones is 1. The molecule has 0 amide bonds. The minimum absolute atomic E-state index is 0.297. The predicted molar refractivity (Wildman–Crippen MR) is 44.2 cm³/mol. The molecule has 0 aromatic heterocycles. The zero-order valence-corrected chi connectivity index (χ0v) is 7.28. The lowest BCUT2D eigenvalue weighted by atomic mass is 10.3. The molecule has 0 saturated carbocycles. The van der Waals surface area contributed by atoms with Crippen molar-refractivity contribution in [3.8, 4) is 0 Å². The van der Waals surface area contributed by atoms with Crippen LogP contribution in [0.5, 0.6) is 0 Å². The van der Waals surface area contributed by atoms with Crippen LogP contribution in [0.3, 0.4) is 0 Å². The van der Waals surface area contributed by atoms with Gasteiger partial charge in [-0.15, -0.1) is 11.8 Å². The Morgan fingerprint density at radius 2 is 2.50 bits per heavy atom. The lowest BCUT2D eigenvalue weighted by molar-refractivity contribution is -0.117. The fourth-order valence-corrected chi connectivity index (χ4v) is 2.44. The van der Waals surface area contributed by atoms with E-state index in [4.69, 9.17) is 0 Å². The Balaban J connectivity index is 2.33. The van der Waals surface area contributed by atoms with Crippen LogP contribution in [0.2, 0.25) is 0 Å². The molecule has 2 nitrogen and oxygen atoms in total. The van der Waals surface area contributed by atoms with E-state index in [0.717, 1.165) is 6.54 Å². The van der Waals surface area contributed by atoms with E-state index in [-0.39, 0.29) is 0 Å². The van der Waals surface area contributed by atoms with Crippen molar-refractivity contribution < 1.29 is 4.79 Å². The van der Waals surface area contributed by atoms with Gasteiger partial charge in [0.1, 0.15) is 5.78 Å². The van der Waals surface area contributed by atoms with Crippen molar-refractivity contribution >= 4 is 17.5 Å². The van der Waals surface area contributed by atoms with Gasteiger partial charge >= 0.3 is 0 Å². The molecule has 1 saturated heterocycles. The van der Waals surface area contributed by atoms with Crippen LogP contribution in [0.1, 0.15) is 13.3 Å². The van der Waals surface area contributed by atoms with Crippen LogP contribution in [-0.2, 0) is 4.79 Å². The van der Waals surface area contributed by atoms with Gasteiger partial charge in [-0.25, -0.2) is 0 Å². The van der Waals surface area contributed by atoms with E-state index in [1.807, 2.05) is 11.8 Å². The highest BCUT2D eigenvalue weighted by molar-refractivity contribution is 8.00. The van der Waals surface area contributed by atoms with Gasteiger partial charge in [0.05, 0.1) is 5.37 Å². The molecule has 0 aromatic carbocycles. The van der Waals surface area contributed by atoms with Gasteiger partial charge in [-0.1, -0.05) is 0 Å². The van der Waals surface area contributed by atoms with Crippen molar-refractivity contribution in [3.05, 3.63) is 0 Å². The largest absolute Gasteiger partial charge is 0.300 e. The van der Waals surface area contributed by atoms with E-state index in [2.05, 4.69) is 11.9 Å². The van der Waals surface area contributed by atoms with Gasteiger partial charge in [0.15, 0.2) is 0 Å². The molecule has 0 radical (unpaired) electrons. The van der Waals surface area contributed by atoms with Crippen molar-refractivity contribution in [2.24, 2.45) is 0 Å². The summed E-state index contributed by atoms with van der Waals surface area (Å²) in [5, 5.41) is 0.456. The average Bonchev–Trinajstić information content (AvgIpc) is 2.15. The molecule has 1 rings (SSSR count). The molecule has 1 heterocycles. The predicted octanol–water partition coefficient (Wildman–Crippen LogP) is 0.970. The van der Waals surface area contributed by atoms with E-state index < -0.39 is 0 Å². The van der Waals surface area contributed by atoms with Crippen molar-refractivity contribution in [2.45, 2.75) is 18.7 Å². The summed E-state index contributed by atoms with van der Waals surface area (Å²) in [6.45, 7) is 2.79. The van der Waals surface area contributed by atoms with E-state index >= 15 is 0 Å². The first kappa shape index (κ1) is 8.08. The van der Waals surface area contributed by atoms with Gasteiger partial charge in [-0.3, -0.25) is 9.69 Å². The Hall–Kier alpha value is -0.0200. The SMILES string of the molecule is CC(=O)CC1SCCN1C. The number of carbonyl (C=O) groups excluding carboxylic acids is 1. The normalized spacial score (nSPS) is 27.2.